The lowest BCUT2D eigenvalue weighted by atomic mass is 10.1. The van der Waals surface area contributed by atoms with E-state index in [0.717, 1.165) is 6.42 Å². The topological polar surface area (TPSA) is 58.6 Å². The minimum Gasteiger partial charge on any atom is -0.444 e. The molecule has 1 amide bonds. The van der Waals surface area contributed by atoms with Gasteiger partial charge in [-0.15, -0.1) is 0 Å². The molecule has 0 aromatic heterocycles. The van der Waals surface area contributed by atoms with Crippen LogP contribution in [0.3, 0.4) is 0 Å². The Balaban J connectivity index is 3.96. The Kier molecular flexibility index (Phi) is 5.65. The first-order valence-electron chi connectivity index (χ1n) is 5.44. The van der Waals surface area contributed by atoms with Crippen molar-refractivity contribution in [2.75, 3.05) is 0 Å². The van der Waals surface area contributed by atoms with Crippen molar-refractivity contribution in [1.29, 1.82) is 0 Å². The zero-order valence-electron chi connectivity index (χ0n) is 10.3. The van der Waals surface area contributed by atoms with Gasteiger partial charge in [-0.25, -0.2) is 4.79 Å². The van der Waals surface area contributed by atoms with Crippen LogP contribution in [0.1, 0.15) is 47.5 Å². The molecule has 0 saturated heterocycles. The van der Waals surface area contributed by atoms with Gasteiger partial charge >= 0.3 is 6.09 Å². The molecular formula is C11H23NO3. The highest BCUT2D eigenvalue weighted by Crippen LogP contribution is 2.08. The number of carbonyl (C=O) groups excluding carboxylic acids is 1. The number of nitrogens with one attached hydrogen (secondary N) is 1. The van der Waals surface area contributed by atoms with Gasteiger partial charge in [-0.3, -0.25) is 0 Å². The number of amides is 1. The van der Waals surface area contributed by atoms with Crippen LogP contribution < -0.4 is 5.32 Å². The summed E-state index contributed by atoms with van der Waals surface area (Å²) >= 11 is 0. The highest BCUT2D eigenvalue weighted by Gasteiger charge is 2.20. The van der Waals surface area contributed by atoms with Crippen molar-refractivity contribution < 1.29 is 14.6 Å². The largest absolute Gasteiger partial charge is 0.444 e. The molecule has 0 aromatic rings. The van der Waals surface area contributed by atoms with E-state index in [-0.39, 0.29) is 6.04 Å². The van der Waals surface area contributed by atoms with E-state index in [1.54, 1.807) is 27.7 Å². The third kappa shape index (κ3) is 7.19. The van der Waals surface area contributed by atoms with Gasteiger partial charge in [0.2, 0.25) is 0 Å². The van der Waals surface area contributed by atoms with Crippen molar-refractivity contribution in [3.63, 3.8) is 0 Å². The minimum atomic E-state index is -0.512. The fourth-order valence-electron chi connectivity index (χ4n) is 1.14. The molecule has 2 atom stereocenters. The lowest BCUT2D eigenvalue weighted by Gasteiger charge is -2.24. The van der Waals surface area contributed by atoms with Gasteiger partial charge in [-0.2, -0.15) is 0 Å². The molecule has 0 spiro atoms. The van der Waals surface area contributed by atoms with E-state index in [2.05, 4.69) is 5.32 Å². The third-order valence-electron chi connectivity index (χ3n) is 1.91. The number of carbonyl (C=O) groups is 1. The van der Waals surface area contributed by atoms with Crippen LogP contribution >= 0.6 is 0 Å². The highest BCUT2D eigenvalue weighted by atomic mass is 16.6. The molecule has 15 heavy (non-hydrogen) atoms. The quantitative estimate of drug-likeness (QED) is 0.757. The van der Waals surface area contributed by atoms with Crippen LogP contribution in [-0.4, -0.2) is 28.9 Å². The second-order valence-corrected chi connectivity index (χ2v) is 4.79. The van der Waals surface area contributed by atoms with Gasteiger partial charge in [0.15, 0.2) is 0 Å². The lowest BCUT2D eigenvalue weighted by molar-refractivity contribution is 0.0428. The molecule has 90 valence electrons. The van der Waals surface area contributed by atoms with Gasteiger partial charge in [-0.1, -0.05) is 13.3 Å². The predicted molar refractivity (Wildman–Crippen MR) is 59.7 cm³/mol. The van der Waals surface area contributed by atoms with Crippen molar-refractivity contribution in [3.8, 4) is 0 Å². The Bertz CT molecular complexity index is 198. The van der Waals surface area contributed by atoms with E-state index in [0.29, 0.717) is 6.42 Å². The predicted octanol–water partition coefficient (Wildman–Crippen LogP) is 2.06. The van der Waals surface area contributed by atoms with Gasteiger partial charge in [0.25, 0.3) is 0 Å². The maximum atomic E-state index is 11.3. The molecule has 0 fully saturated rings. The number of hydrogen-bond acceptors (Lipinski definition) is 3. The van der Waals surface area contributed by atoms with E-state index in [1.807, 2.05) is 6.92 Å². The lowest BCUT2D eigenvalue weighted by Crippen LogP contribution is -2.43. The van der Waals surface area contributed by atoms with Crippen molar-refractivity contribution >= 4 is 6.09 Å². The molecule has 0 aliphatic rings. The zero-order valence-corrected chi connectivity index (χ0v) is 10.3. The van der Waals surface area contributed by atoms with Crippen molar-refractivity contribution in [3.05, 3.63) is 0 Å². The van der Waals surface area contributed by atoms with Crippen LogP contribution in [0, 0.1) is 0 Å². The third-order valence-corrected chi connectivity index (χ3v) is 1.91. The van der Waals surface area contributed by atoms with Gasteiger partial charge in [-0.05, 0) is 34.1 Å². The first kappa shape index (κ1) is 14.2. The molecule has 0 bridgehead atoms. The summed E-state index contributed by atoms with van der Waals surface area (Å²) in [6.45, 7) is 9.17. The number of alkyl carbamates (subject to hydrolysis) is 1. The Hall–Kier alpha value is -0.770. The Morgan fingerprint density at radius 2 is 2.00 bits per heavy atom. The number of aliphatic hydroxyl groups is 1. The van der Waals surface area contributed by atoms with Crippen LogP contribution in [0.2, 0.25) is 0 Å². The zero-order chi connectivity index (χ0) is 12.1. The summed E-state index contributed by atoms with van der Waals surface area (Å²) < 4.78 is 5.08. The maximum Gasteiger partial charge on any atom is 0.407 e. The van der Waals surface area contributed by atoms with Crippen LogP contribution in [0.15, 0.2) is 0 Å². The summed E-state index contributed by atoms with van der Waals surface area (Å²) in [7, 11) is 0. The first-order chi connectivity index (χ1) is 6.76. The molecule has 4 nitrogen and oxygen atoms in total. The van der Waals surface area contributed by atoms with Crippen LogP contribution in [0.4, 0.5) is 4.79 Å². The van der Waals surface area contributed by atoms with Crippen LogP contribution in [0.25, 0.3) is 0 Å². The number of ether oxygens (including phenoxy) is 1. The average molecular weight is 217 g/mol. The second-order valence-electron chi connectivity index (χ2n) is 4.79. The monoisotopic (exact) mass is 217 g/mol. The molecule has 0 aliphatic heterocycles. The molecule has 2 N–H and O–H groups in total. The molecule has 0 unspecified atom stereocenters. The number of aliphatic hydroxyl groups excluding tert-OH is 1. The summed E-state index contributed by atoms with van der Waals surface area (Å²) in [5.41, 5.74) is -0.500. The van der Waals surface area contributed by atoms with E-state index < -0.39 is 17.8 Å². The SMILES string of the molecule is CCC[C@@H](O)[C@H](C)NC(=O)OC(C)(C)C. The van der Waals surface area contributed by atoms with E-state index in [1.165, 1.54) is 0 Å². The van der Waals surface area contributed by atoms with Crippen molar-refractivity contribution in [1.82, 2.24) is 5.32 Å². The van der Waals surface area contributed by atoms with Crippen LogP contribution in [-0.2, 0) is 4.74 Å². The normalized spacial score (nSPS) is 15.6. The summed E-state index contributed by atoms with van der Waals surface area (Å²) in [4.78, 5) is 11.3. The van der Waals surface area contributed by atoms with E-state index in [9.17, 15) is 9.90 Å². The maximum absolute atomic E-state index is 11.3. The fraction of sp³-hybridized carbons (Fsp3) is 0.909. The molecular weight excluding hydrogens is 194 g/mol. The second kappa shape index (κ2) is 5.95. The van der Waals surface area contributed by atoms with Gasteiger partial charge in [0.1, 0.15) is 5.60 Å². The molecule has 0 aliphatic carbocycles. The summed E-state index contributed by atoms with van der Waals surface area (Å²) in [6, 6.07) is -0.278. The molecule has 4 heteroatoms. The molecule has 0 aromatic carbocycles. The smallest absolute Gasteiger partial charge is 0.407 e. The van der Waals surface area contributed by atoms with Crippen molar-refractivity contribution in [2.24, 2.45) is 0 Å². The average Bonchev–Trinajstić information content (AvgIpc) is 2.00. The Morgan fingerprint density at radius 3 is 2.40 bits per heavy atom. The van der Waals surface area contributed by atoms with Gasteiger partial charge in [0.05, 0.1) is 12.1 Å². The molecule has 0 rings (SSSR count). The Labute approximate surface area is 92.0 Å². The highest BCUT2D eigenvalue weighted by molar-refractivity contribution is 5.68. The molecule has 0 radical (unpaired) electrons. The fourth-order valence-corrected chi connectivity index (χ4v) is 1.14. The Morgan fingerprint density at radius 1 is 1.47 bits per heavy atom. The summed E-state index contributed by atoms with van der Waals surface area (Å²) in [5.74, 6) is 0. The summed E-state index contributed by atoms with van der Waals surface area (Å²) in [5, 5.41) is 12.2. The number of rotatable bonds is 4. The van der Waals surface area contributed by atoms with Gasteiger partial charge < -0.3 is 15.2 Å². The first-order valence-corrected chi connectivity index (χ1v) is 5.44. The number of hydrogen-bond donors (Lipinski definition) is 2. The van der Waals surface area contributed by atoms with E-state index in [4.69, 9.17) is 4.74 Å². The van der Waals surface area contributed by atoms with Crippen molar-refractivity contribution in [2.45, 2.75) is 65.2 Å². The minimum absolute atomic E-state index is 0.278. The summed E-state index contributed by atoms with van der Waals surface area (Å²) in [6.07, 6.45) is 0.575. The van der Waals surface area contributed by atoms with Crippen LogP contribution in [0.5, 0.6) is 0 Å². The molecule has 0 heterocycles. The van der Waals surface area contributed by atoms with E-state index >= 15 is 0 Å². The molecule has 0 saturated carbocycles. The van der Waals surface area contributed by atoms with Gasteiger partial charge in [0, 0.05) is 0 Å². The standard InChI is InChI=1S/C11H23NO3/c1-6-7-9(13)8(2)12-10(14)15-11(3,4)5/h8-9,13H,6-7H2,1-5H3,(H,12,14)/t8-,9+/m0/s1.